The second-order valence-electron chi connectivity index (χ2n) is 3.53. The molecule has 0 atom stereocenters. The Morgan fingerprint density at radius 3 is 3.00 bits per heavy atom. The van der Waals surface area contributed by atoms with Gasteiger partial charge in [0.25, 0.3) is 0 Å². The van der Waals surface area contributed by atoms with Crippen molar-refractivity contribution < 1.29 is 9.53 Å². The number of alkyl halides is 1. The highest BCUT2D eigenvalue weighted by atomic mass is 35.5. The minimum absolute atomic E-state index is 0.344. The smallest absolute Gasteiger partial charge is 0.341 e. The van der Waals surface area contributed by atoms with Gasteiger partial charge in [0.15, 0.2) is 0 Å². The van der Waals surface area contributed by atoms with Gasteiger partial charge in [0.2, 0.25) is 5.13 Å². The summed E-state index contributed by atoms with van der Waals surface area (Å²) in [7, 11) is 0. The van der Waals surface area contributed by atoms with E-state index in [1.54, 1.807) is 18.5 Å². The number of hydrogen-bond donors (Lipinski definition) is 0. The van der Waals surface area contributed by atoms with Crippen LogP contribution >= 0.6 is 22.9 Å². The number of halogens is 1. The Morgan fingerprint density at radius 1 is 1.61 bits per heavy atom. The lowest BCUT2D eigenvalue weighted by Crippen LogP contribution is -2.06. The lowest BCUT2D eigenvalue weighted by molar-refractivity contribution is 0.0525. The maximum atomic E-state index is 11.7. The maximum absolute atomic E-state index is 11.7. The summed E-state index contributed by atoms with van der Waals surface area (Å²) in [5.41, 5.74) is 1.97. The van der Waals surface area contributed by atoms with Crippen LogP contribution in [-0.2, 0) is 10.6 Å². The molecule has 0 N–H and O–H groups in total. The lowest BCUT2D eigenvalue weighted by Gasteiger charge is -2.01. The highest BCUT2D eigenvalue weighted by Gasteiger charge is 2.17. The van der Waals surface area contributed by atoms with E-state index in [2.05, 4.69) is 10.1 Å². The first-order chi connectivity index (χ1) is 8.67. The summed E-state index contributed by atoms with van der Waals surface area (Å²) in [5, 5.41) is 6.72. The van der Waals surface area contributed by atoms with E-state index in [4.69, 9.17) is 16.3 Å². The molecule has 2 aromatic rings. The van der Waals surface area contributed by atoms with Gasteiger partial charge in [-0.1, -0.05) is 0 Å². The van der Waals surface area contributed by atoms with E-state index in [0.29, 0.717) is 28.9 Å². The van der Waals surface area contributed by atoms with Gasteiger partial charge in [0.1, 0.15) is 5.56 Å². The molecule has 0 bridgehead atoms. The molecule has 2 rings (SSSR count). The SMILES string of the molecule is CCOC(=O)c1cnn(-c2nc(CCl)cs2)c1C. The summed E-state index contributed by atoms with van der Waals surface area (Å²) in [4.78, 5) is 16.0. The van der Waals surface area contributed by atoms with Crippen molar-refractivity contribution in [3.8, 4) is 5.13 Å². The van der Waals surface area contributed by atoms with E-state index in [1.165, 1.54) is 17.5 Å². The maximum Gasteiger partial charge on any atom is 0.341 e. The number of ether oxygens (including phenoxy) is 1. The number of carbonyl (C=O) groups excluding carboxylic acids is 1. The molecule has 0 aliphatic heterocycles. The molecular weight excluding hydrogens is 274 g/mol. The predicted octanol–water partition coefficient (Wildman–Crippen LogP) is 2.55. The van der Waals surface area contributed by atoms with Crippen molar-refractivity contribution in [3.05, 3.63) is 28.5 Å². The second kappa shape index (κ2) is 5.49. The van der Waals surface area contributed by atoms with Gasteiger partial charge in [-0.25, -0.2) is 14.5 Å². The molecule has 2 aromatic heterocycles. The fraction of sp³-hybridized carbons (Fsp3) is 0.364. The van der Waals surface area contributed by atoms with Gasteiger partial charge in [-0.15, -0.1) is 22.9 Å². The normalized spacial score (nSPS) is 10.6. The molecule has 0 unspecified atom stereocenters. The Balaban J connectivity index is 2.33. The molecule has 7 heteroatoms. The molecule has 96 valence electrons. The Bertz CT molecular complexity index is 564. The van der Waals surface area contributed by atoms with Gasteiger partial charge in [0.05, 0.1) is 30.1 Å². The van der Waals surface area contributed by atoms with Gasteiger partial charge in [-0.2, -0.15) is 5.10 Å². The lowest BCUT2D eigenvalue weighted by atomic mass is 10.3. The highest BCUT2D eigenvalue weighted by Crippen LogP contribution is 2.19. The predicted molar refractivity (Wildman–Crippen MR) is 69.5 cm³/mol. The third-order valence-electron chi connectivity index (χ3n) is 2.36. The first kappa shape index (κ1) is 13.0. The molecular formula is C11H12ClN3O2S. The van der Waals surface area contributed by atoms with Crippen LogP contribution in [0.25, 0.3) is 5.13 Å². The first-order valence-corrected chi connectivity index (χ1v) is 6.81. The van der Waals surface area contributed by atoms with Crippen LogP contribution in [0.1, 0.15) is 28.7 Å². The van der Waals surface area contributed by atoms with Crippen LogP contribution in [0.5, 0.6) is 0 Å². The molecule has 18 heavy (non-hydrogen) atoms. The van der Waals surface area contributed by atoms with Crippen molar-refractivity contribution in [2.75, 3.05) is 6.61 Å². The molecule has 2 heterocycles. The van der Waals surface area contributed by atoms with Crippen LogP contribution in [0.2, 0.25) is 0 Å². The summed E-state index contributed by atoms with van der Waals surface area (Å²) in [6.45, 7) is 3.92. The zero-order valence-corrected chi connectivity index (χ0v) is 11.6. The number of aromatic nitrogens is 3. The number of carbonyl (C=O) groups is 1. The number of rotatable bonds is 4. The van der Waals surface area contributed by atoms with Crippen LogP contribution < -0.4 is 0 Å². The molecule has 0 saturated heterocycles. The van der Waals surface area contributed by atoms with Gasteiger partial charge in [0, 0.05) is 5.38 Å². The van der Waals surface area contributed by atoms with Crippen LogP contribution in [0, 0.1) is 6.92 Å². The summed E-state index contributed by atoms with van der Waals surface area (Å²) in [6.07, 6.45) is 1.50. The van der Waals surface area contributed by atoms with E-state index < -0.39 is 0 Å². The largest absolute Gasteiger partial charge is 0.462 e. The number of thiazole rings is 1. The quantitative estimate of drug-likeness (QED) is 0.640. The molecule has 5 nitrogen and oxygen atoms in total. The number of hydrogen-bond acceptors (Lipinski definition) is 5. The molecule has 0 amide bonds. The summed E-state index contributed by atoms with van der Waals surface area (Å²) >= 11 is 7.14. The van der Waals surface area contributed by atoms with Crippen LogP contribution in [0.4, 0.5) is 0 Å². The number of esters is 1. The van der Waals surface area contributed by atoms with Crippen molar-refractivity contribution in [1.82, 2.24) is 14.8 Å². The van der Waals surface area contributed by atoms with Gasteiger partial charge in [-0.05, 0) is 13.8 Å². The van der Waals surface area contributed by atoms with Crippen molar-refractivity contribution in [2.45, 2.75) is 19.7 Å². The zero-order chi connectivity index (χ0) is 13.1. The molecule has 0 aliphatic rings. The van der Waals surface area contributed by atoms with Crippen molar-refractivity contribution in [1.29, 1.82) is 0 Å². The van der Waals surface area contributed by atoms with Crippen molar-refractivity contribution in [3.63, 3.8) is 0 Å². The Morgan fingerprint density at radius 2 is 2.39 bits per heavy atom. The topological polar surface area (TPSA) is 57.0 Å². The third kappa shape index (κ3) is 2.39. The molecule has 0 aliphatic carbocycles. The molecule has 0 aromatic carbocycles. The minimum atomic E-state index is -0.365. The highest BCUT2D eigenvalue weighted by molar-refractivity contribution is 7.12. The zero-order valence-electron chi connectivity index (χ0n) is 10.0. The second-order valence-corrected chi connectivity index (χ2v) is 4.63. The number of nitrogens with zero attached hydrogens (tertiary/aromatic N) is 3. The Kier molecular flexibility index (Phi) is 3.98. The monoisotopic (exact) mass is 285 g/mol. The standard InChI is InChI=1S/C11H12ClN3O2S/c1-3-17-10(16)9-5-13-15(7(9)2)11-14-8(4-12)6-18-11/h5-6H,3-4H2,1-2H3. The minimum Gasteiger partial charge on any atom is -0.462 e. The molecule has 0 spiro atoms. The third-order valence-corrected chi connectivity index (χ3v) is 3.50. The van der Waals surface area contributed by atoms with Crippen molar-refractivity contribution in [2.24, 2.45) is 0 Å². The van der Waals surface area contributed by atoms with Gasteiger partial charge >= 0.3 is 5.97 Å². The summed E-state index contributed by atoms with van der Waals surface area (Å²) in [5.74, 6) is -0.00275. The van der Waals surface area contributed by atoms with Crippen molar-refractivity contribution >= 4 is 28.9 Å². The fourth-order valence-corrected chi connectivity index (χ4v) is 2.53. The Labute approximate surface area is 113 Å². The summed E-state index contributed by atoms with van der Waals surface area (Å²) < 4.78 is 6.57. The Hall–Kier alpha value is -1.40. The van der Waals surface area contributed by atoms with E-state index in [0.717, 1.165) is 5.69 Å². The average molecular weight is 286 g/mol. The van der Waals surface area contributed by atoms with Crippen LogP contribution in [0.3, 0.4) is 0 Å². The van der Waals surface area contributed by atoms with E-state index >= 15 is 0 Å². The van der Waals surface area contributed by atoms with E-state index in [-0.39, 0.29) is 5.97 Å². The van der Waals surface area contributed by atoms with E-state index in [9.17, 15) is 4.79 Å². The molecule has 0 saturated carbocycles. The van der Waals surface area contributed by atoms with Gasteiger partial charge in [-0.3, -0.25) is 0 Å². The van der Waals surface area contributed by atoms with E-state index in [1.807, 2.05) is 5.38 Å². The van der Waals surface area contributed by atoms with Crippen LogP contribution in [0.15, 0.2) is 11.6 Å². The average Bonchev–Trinajstić information content (AvgIpc) is 2.95. The fourth-order valence-electron chi connectivity index (χ4n) is 1.47. The summed E-state index contributed by atoms with van der Waals surface area (Å²) in [6, 6.07) is 0. The van der Waals surface area contributed by atoms with Crippen LogP contribution in [-0.4, -0.2) is 27.3 Å². The molecule has 0 radical (unpaired) electrons. The molecule has 0 fully saturated rings. The first-order valence-electron chi connectivity index (χ1n) is 5.39. The van der Waals surface area contributed by atoms with Gasteiger partial charge < -0.3 is 4.74 Å².